The number of rotatable bonds is 6. The van der Waals surface area contributed by atoms with Crippen molar-refractivity contribution in [1.82, 2.24) is 10.2 Å². The number of esters is 1. The number of carbonyl (C=O) groups excluding carboxylic acids is 2. The molecular weight excluding hydrogens is 369 g/mol. The van der Waals surface area contributed by atoms with E-state index in [1.807, 2.05) is 0 Å². The van der Waals surface area contributed by atoms with Gasteiger partial charge in [-0.15, -0.1) is 10.2 Å². The lowest BCUT2D eigenvalue weighted by atomic mass is 10.1. The van der Waals surface area contributed by atoms with Crippen molar-refractivity contribution in [3.63, 3.8) is 0 Å². The molecule has 2 aromatic rings. The normalized spacial score (nSPS) is 10.5. The quantitative estimate of drug-likeness (QED) is 0.469. The van der Waals surface area contributed by atoms with Crippen molar-refractivity contribution < 1.29 is 14.3 Å². The molecule has 0 aliphatic rings. The van der Waals surface area contributed by atoms with E-state index in [4.69, 9.17) is 33.7 Å². The molecule has 2 N–H and O–H groups in total. The number of hydrogen-bond donors (Lipinski definition) is 1. The molecule has 0 fully saturated rings. The fourth-order valence-corrected chi connectivity index (χ4v) is 3.21. The molecule has 6 nitrogen and oxygen atoms in total. The summed E-state index contributed by atoms with van der Waals surface area (Å²) >= 11 is 14.0. The molecule has 0 unspecified atom stereocenters. The third-order valence-electron chi connectivity index (χ3n) is 2.33. The molecule has 10 heteroatoms. The lowest BCUT2D eigenvalue weighted by Crippen LogP contribution is -2.15. The third-order valence-corrected chi connectivity index (χ3v) is 4.75. The van der Waals surface area contributed by atoms with E-state index < -0.39 is 18.4 Å². The summed E-state index contributed by atoms with van der Waals surface area (Å²) in [5.41, 5.74) is 5.64. The van der Waals surface area contributed by atoms with E-state index in [-0.39, 0.29) is 16.3 Å². The molecule has 0 amide bonds. The number of benzene rings is 1. The standard InChI is InChI=1S/C12H9Cl2N3O3S2/c13-6-1-2-8(14)7(3-6)9(18)4-20-10(19)5-21-12-17-16-11(15)22-12/h1-3H,4-5H2,(H2,15,16). The number of Topliss-reactive ketones (excluding diaryl/α,β-unsaturated/α-hetero) is 1. The van der Waals surface area contributed by atoms with Crippen LogP contribution in [0.25, 0.3) is 0 Å². The Balaban J connectivity index is 1.83. The number of carbonyl (C=O) groups is 2. The highest BCUT2D eigenvalue weighted by Crippen LogP contribution is 2.24. The van der Waals surface area contributed by atoms with E-state index in [1.165, 1.54) is 23.5 Å². The van der Waals surface area contributed by atoms with Gasteiger partial charge in [0.25, 0.3) is 0 Å². The Labute approximate surface area is 144 Å². The molecular formula is C12H9Cl2N3O3S2. The second-order valence-electron chi connectivity index (χ2n) is 3.90. The van der Waals surface area contributed by atoms with Crippen LogP contribution in [0.4, 0.5) is 5.13 Å². The Kier molecular flexibility index (Phi) is 6.01. The maximum Gasteiger partial charge on any atom is 0.316 e. The smallest absolute Gasteiger partial charge is 0.316 e. The molecule has 1 aromatic carbocycles. The summed E-state index contributed by atoms with van der Waals surface area (Å²) in [6.45, 7) is -0.405. The second kappa shape index (κ2) is 7.77. The van der Waals surface area contributed by atoms with Gasteiger partial charge in [0.1, 0.15) is 0 Å². The summed E-state index contributed by atoms with van der Waals surface area (Å²) in [4.78, 5) is 23.5. The molecule has 1 aromatic heterocycles. The Hall–Kier alpha value is -1.35. The number of nitrogens with zero attached hydrogens (tertiary/aromatic N) is 2. The van der Waals surface area contributed by atoms with Crippen LogP contribution < -0.4 is 5.73 Å². The summed E-state index contributed by atoms with van der Waals surface area (Å²) in [5, 5.41) is 8.32. The van der Waals surface area contributed by atoms with Crippen LogP contribution in [0.1, 0.15) is 10.4 Å². The average molecular weight is 378 g/mol. The van der Waals surface area contributed by atoms with Gasteiger partial charge in [-0.05, 0) is 18.2 Å². The predicted molar refractivity (Wildman–Crippen MR) is 86.8 cm³/mol. The van der Waals surface area contributed by atoms with Crippen molar-refractivity contribution in [2.45, 2.75) is 4.34 Å². The Bertz CT molecular complexity index is 709. The summed E-state index contributed by atoms with van der Waals surface area (Å²) in [6.07, 6.45) is 0. The number of nitrogens with two attached hydrogens (primary N) is 1. The van der Waals surface area contributed by atoms with E-state index in [1.54, 1.807) is 6.07 Å². The maximum atomic E-state index is 11.9. The van der Waals surface area contributed by atoms with E-state index >= 15 is 0 Å². The highest BCUT2D eigenvalue weighted by atomic mass is 35.5. The van der Waals surface area contributed by atoms with Gasteiger partial charge in [0, 0.05) is 10.6 Å². The summed E-state index contributed by atoms with van der Waals surface area (Å²) in [7, 11) is 0. The Morgan fingerprint density at radius 2 is 2.09 bits per heavy atom. The Morgan fingerprint density at radius 1 is 1.32 bits per heavy atom. The molecule has 1 heterocycles. The predicted octanol–water partition coefficient (Wildman–Crippen LogP) is 2.95. The number of anilines is 1. The van der Waals surface area contributed by atoms with Crippen molar-refractivity contribution in [2.75, 3.05) is 18.1 Å². The fourth-order valence-electron chi connectivity index (χ4n) is 1.38. The van der Waals surface area contributed by atoms with Crippen LogP contribution in [0.15, 0.2) is 22.5 Å². The second-order valence-corrected chi connectivity index (χ2v) is 6.98. The average Bonchev–Trinajstić information content (AvgIpc) is 2.90. The highest BCUT2D eigenvalue weighted by Gasteiger charge is 2.14. The number of ketones is 1. The lowest BCUT2D eigenvalue weighted by molar-refractivity contribution is -0.139. The van der Waals surface area contributed by atoms with Gasteiger partial charge in [-0.2, -0.15) is 0 Å². The van der Waals surface area contributed by atoms with E-state index in [0.717, 1.165) is 11.8 Å². The topological polar surface area (TPSA) is 95.2 Å². The van der Waals surface area contributed by atoms with Gasteiger partial charge in [-0.3, -0.25) is 9.59 Å². The van der Waals surface area contributed by atoms with Gasteiger partial charge in [0.05, 0.1) is 10.8 Å². The lowest BCUT2D eigenvalue weighted by Gasteiger charge is -2.05. The van der Waals surface area contributed by atoms with Crippen LogP contribution >= 0.6 is 46.3 Å². The fraction of sp³-hybridized carbons (Fsp3) is 0.167. The molecule has 0 aliphatic heterocycles. The first-order valence-corrected chi connectivity index (χ1v) is 8.37. The molecule has 0 radical (unpaired) electrons. The van der Waals surface area contributed by atoms with Crippen molar-refractivity contribution >= 4 is 63.2 Å². The largest absolute Gasteiger partial charge is 0.457 e. The molecule has 116 valence electrons. The molecule has 22 heavy (non-hydrogen) atoms. The number of ether oxygens (including phenoxy) is 1. The summed E-state index contributed by atoms with van der Waals surface area (Å²) in [6, 6.07) is 4.50. The molecule has 0 saturated heterocycles. The van der Waals surface area contributed by atoms with E-state index in [0.29, 0.717) is 14.5 Å². The highest BCUT2D eigenvalue weighted by molar-refractivity contribution is 8.01. The van der Waals surface area contributed by atoms with Gasteiger partial charge >= 0.3 is 5.97 Å². The number of thioether (sulfide) groups is 1. The van der Waals surface area contributed by atoms with Crippen LogP contribution in [-0.4, -0.2) is 34.3 Å². The molecule has 0 saturated carbocycles. The zero-order valence-corrected chi connectivity index (χ0v) is 14.1. The van der Waals surface area contributed by atoms with E-state index in [9.17, 15) is 9.59 Å². The first-order valence-electron chi connectivity index (χ1n) is 5.81. The van der Waals surface area contributed by atoms with Crippen LogP contribution in [0.3, 0.4) is 0 Å². The summed E-state index contributed by atoms with van der Waals surface area (Å²) in [5.74, 6) is -0.971. The molecule has 0 spiro atoms. The van der Waals surface area contributed by atoms with Gasteiger partial charge in [-0.25, -0.2) is 0 Å². The molecule has 0 atom stereocenters. The monoisotopic (exact) mass is 377 g/mol. The first kappa shape index (κ1) is 17.0. The molecule has 2 rings (SSSR count). The molecule has 0 bridgehead atoms. The molecule has 0 aliphatic carbocycles. The van der Waals surface area contributed by atoms with Gasteiger partial charge < -0.3 is 10.5 Å². The van der Waals surface area contributed by atoms with Crippen LogP contribution in [-0.2, 0) is 9.53 Å². The minimum absolute atomic E-state index is 0.00515. The summed E-state index contributed by atoms with van der Waals surface area (Å²) < 4.78 is 5.45. The van der Waals surface area contributed by atoms with Crippen LogP contribution in [0.2, 0.25) is 10.0 Å². The number of nitrogen functional groups attached to an aromatic ring is 1. The number of halogens is 2. The third kappa shape index (κ3) is 4.84. The minimum atomic E-state index is -0.551. The zero-order chi connectivity index (χ0) is 16.1. The van der Waals surface area contributed by atoms with Crippen LogP contribution in [0.5, 0.6) is 0 Å². The minimum Gasteiger partial charge on any atom is -0.457 e. The van der Waals surface area contributed by atoms with Gasteiger partial charge in [-0.1, -0.05) is 46.3 Å². The van der Waals surface area contributed by atoms with Crippen molar-refractivity contribution in [3.05, 3.63) is 33.8 Å². The van der Waals surface area contributed by atoms with Crippen molar-refractivity contribution in [2.24, 2.45) is 0 Å². The SMILES string of the molecule is Nc1nnc(SCC(=O)OCC(=O)c2cc(Cl)ccc2Cl)s1. The first-order chi connectivity index (χ1) is 10.5. The van der Waals surface area contributed by atoms with Crippen molar-refractivity contribution in [3.8, 4) is 0 Å². The zero-order valence-electron chi connectivity index (χ0n) is 10.9. The Morgan fingerprint density at radius 3 is 2.77 bits per heavy atom. The van der Waals surface area contributed by atoms with E-state index in [2.05, 4.69) is 10.2 Å². The van der Waals surface area contributed by atoms with Crippen molar-refractivity contribution in [1.29, 1.82) is 0 Å². The van der Waals surface area contributed by atoms with Crippen LogP contribution in [0, 0.1) is 0 Å². The van der Waals surface area contributed by atoms with Gasteiger partial charge in [0.15, 0.2) is 10.9 Å². The van der Waals surface area contributed by atoms with Gasteiger partial charge in [0.2, 0.25) is 10.9 Å². The number of hydrogen-bond acceptors (Lipinski definition) is 8. The number of aromatic nitrogens is 2. The maximum absolute atomic E-state index is 11.9.